The first-order chi connectivity index (χ1) is 7.97. The Hall–Kier alpha value is -0.860. The van der Waals surface area contributed by atoms with Crippen LogP contribution in [0.2, 0.25) is 0 Å². The number of aliphatic hydroxyl groups is 1. The lowest BCUT2D eigenvalue weighted by molar-refractivity contribution is 0.0861. The van der Waals surface area contributed by atoms with Crippen LogP contribution in [0.15, 0.2) is 24.3 Å². The summed E-state index contributed by atoms with van der Waals surface area (Å²) in [6.45, 7) is 9.06. The van der Waals surface area contributed by atoms with Gasteiger partial charge in [0.1, 0.15) is 0 Å². The molecule has 3 N–H and O–H groups in total. The molecular formula is C15H25NO. The zero-order chi connectivity index (χ0) is 13.0. The topological polar surface area (TPSA) is 46.2 Å². The highest BCUT2D eigenvalue weighted by molar-refractivity contribution is 5.26. The summed E-state index contributed by atoms with van der Waals surface area (Å²) in [6, 6.07) is 8.23. The Morgan fingerprint density at radius 1 is 1.00 bits per heavy atom. The van der Waals surface area contributed by atoms with E-state index < -0.39 is 6.10 Å². The van der Waals surface area contributed by atoms with Crippen LogP contribution < -0.4 is 5.73 Å². The molecule has 17 heavy (non-hydrogen) atoms. The summed E-state index contributed by atoms with van der Waals surface area (Å²) >= 11 is 0. The SMILES string of the molecule is CC(C)c1ccc(C(O)C(CN)C(C)C)cc1. The molecule has 0 saturated heterocycles. The number of hydrogen-bond donors (Lipinski definition) is 2. The Labute approximate surface area is 105 Å². The molecule has 1 aromatic rings. The van der Waals surface area contributed by atoms with E-state index in [1.165, 1.54) is 5.56 Å². The van der Waals surface area contributed by atoms with Gasteiger partial charge in [-0.15, -0.1) is 0 Å². The Kier molecular flexibility index (Phi) is 5.16. The summed E-state index contributed by atoms with van der Waals surface area (Å²) in [6.07, 6.45) is -0.457. The summed E-state index contributed by atoms with van der Waals surface area (Å²) in [5.41, 5.74) is 8.00. The molecule has 2 unspecified atom stereocenters. The number of rotatable bonds is 5. The van der Waals surface area contributed by atoms with E-state index in [1.54, 1.807) is 0 Å². The molecule has 0 bridgehead atoms. The predicted octanol–water partition coefficient (Wildman–Crippen LogP) is 3.07. The van der Waals surface area contributed by atoms with Crippen molar-refractivity contribution in [2.24, 2.45) is 17.6 Å². The van der Waals surface area contributed by atoms with E-state index in [1.807, 2.05) is 12.1 Å². The third-order valence-electron chi connectivity index (χ3n) is 3.48. The highest BCUT2D eigenvalue weighted by atomic mass is 16.3. The number of benzene rings is 1. The molecule has 0 amide bonds. The molecule has 96 valence electrons. The lowest BCUT2D eigenvalue weighted by atomic mass is 9.86. The summed E-state index contributed by atoms with van der Waals surface area (Å²) in [4.78, 5) is 0. The zero-order valence-electron chi connectivity index (χ0n) is 11.4. The molecule has 0 aliphatic heterocycles. The van der Waals surface area contributed by atoms with Crippen LogP contribution in [-0.2, 0) is 0 Å². The van der Waals surface area contributed by atoms with Gasteiger partial charge in [-0.25, -0.2) is 0 Å². The van der Waals surface area contributed by atoms with Crippen molar-refractivity contribution < 1.29 is 5.11 Å². The van der Waals surface area contributed by atoms with E-state index in [0.29, 0.717) is 18.4 Å². The van der Waals surface area contributed by atoms with E-state index in [0.717, 1.165) is 5.56 Å². The molecule has 0 radical (unpaired) electrons. The monoisotopic (exact) mass is 235 g/mol. The lowest BCUT2D eigenvalue weighted by Crippen LogP contribution is -2.26. The minimum Gasteiger partial charge on any atom is -0.388 e. The van der Waals surface area contributed by atoms with Crippen LogP contribution in [0.25, 0.3) is 0 Å². The molecule has 0 aliphatic carbocycles. The molecule has 1 aromatic carbocycles. The van der Waals surface area contributed by atoms with Crippen LogP contribution in [0.1, 0.15) is 50.8 Å². The molecule has 0 fully saturated rings. The second-order valence-corrected chi connectivity index (χ2v) is 5.41. The number of nitrogens with two attached hydrogens (primary N) is 1. The molecule has 2 nitrogen and oxygen atoms in total. The van der Waals surface area contributed by atoms with Gasteiger partial charge in [-0.3, -0.25) is 0 Å². The van der Waals surface area contributed by atoms with Gasteiger partial charge in [-0.2, -0.15) is 0 Å². The minimum absolute atomic E-state index is 0.125. The third-order valence-corrected chi connectivity index (χ3v) is 3.48. The van der Waals surface area contributed by atoms with Gasteiger partial charge in [-0.05, 0) is 29.5 Å². The standard InChI is InChI=1S/C15H25NO/c1-10(2)12-5-7-13(8-6-12)15(17)14(9-16)11(3)4/h5-8,10-11,14-15,17H,9,16H2,1-4H3. The Morgan fingerprint density at radius 2 is 1.47 bits per heavy atom. The van der Waals surface area contributed by atoms with Crippen molar-refractivity contribution in [3.05, 3.63) is 35.4 Å². The average molecular weight is 235 g/mol. The van der Waals surface area contributed by atoms with E-state index in [9.17, 15) is 5.11 Å². The van der Waals surface area contributed by atoms with Crippen molar-refractivity contribution in [1.29, 1.82) is 0 Å². The van der Waals surface area contributed by atoms with Crippen LogP contribution in [-0.4, -0.2) is 11.7 Å². The van der Waals surface area contributed by atoms with E-state index in [4.69, 9.17) is 5.73 Å². The van der Waals surface area contributed by atoms with Crippen LogP contribution in [0, 0.1) is 11.8 Å². The van der Waals surface area contributed by atoms with Gasteiger partial charge in [0.2, 0.25) is 0 Å². The molecule has 0 aliphatic rings. The van der Waals surface area contributed by atoms with E-state index in [-0.39, 0.29) is 5.92 Å². The first-order valence-corrected chi connectivity index (χ1v) is 6.45. The molecule has 0 saturated carbocycles. The highest BCUT2D eigenvalue weighted by Crippen LogP contribution is 2.28. The van der Waals surface area contributed by atoms with E-state index in [2.05, 4.69) is 39.8 Å². The smallest absolute Gasteiger partial charge is 0.0832 e. The molecule has 0 aromatic heterocycles. The van der Waals surface area contributed by atoms with Crippen LogP contribution >= 0.6 is 0 Å². The fourth-order valence-corrected chi connectivity index (χ4v) is 2.09. The van der Waals surface area contributed by atoms with Gasteiger partial charge in [0, 0.05) is 5.92 Å². The Morgan fingerprint density at radius 3 is 1.82 bits per heavy atom. The fraction of sp³-hybridized carbons (Fsp3) is 0.600. The van der Waals surface area contributed by atoms with Crippen molar-refractivity contribution in [2.75, 3.05) is 6.54 Å². The summed E-state index contributed by atoms with van der Waals surface area (Å²) < 4.78 is 0. The largest absolute Gasteiger partial charge is 0.388 e. The molecule has 2 heteroatoms. The molecule has 0 heterocycles. The minimum atomic E-state index is -0.457. The maximum Gasteiger partial charge on any atom is 0.0832 e. The summed E-state index contributed by atoms with van der Waals surface area (Å²) in [5.74, 6) is 1.04. The van der Waals surface area contributed by atoms with Gasteiger partial charge in [-0.1, -0.05) is 52.0 Å². The normalized spacial score (nSPS) is 15.3. The summed E-state index contributed by atoms with van der Waals surface area (Å²) in [7, 11) is 0. The van der Waals surface area contributed by atoms with Crippen molar-refractivity contribution in [3.8, 4) is 0 Å². The quantitative estimate of drug-likeness (QED) is 0.824. The van der Waals surface area contributed by atoms with Crippen LogP contribution in [0.3, 0.4) is 0 Å². The fourth-order valence-electron chi connectivity index (χ4n) is 2.09. The van der Waals surface area contributed by atoms with Crippen molar-refractivity contribution in [2.45, 2.75) is 39.7 Å². The first-order valence-electron chi connectivity index (χ1n) is 6.45. The van der Waals surface area contributed by atoms with E-state index >= 15 is 0 Å². The molecular weight excluding hydrogens is 210 g/mol. The van der Waals surface area contributed by atoms with Gasteiger partial charge < -0.3 is 10.8 Å². The second-order valence-electron chi connectivity index (χ2n) is 5.41. The van der Waals surface area contributed by atoms with Crippen molar-refractivity contribution in [1.82, 2.24) is 0 Å². The van der Waals surface area contributed by atoms with Gasteiger partial charge in [0.05, 0.1) is 6.10 Å². The average Bonchev–Trinajstić information content (AvgIpc) is 2.29. The van der Waals surface area contributed by atoms with Crippen molar-refractivity contribution in [3.63, 3.8) is 0 Å². The lowest BCUT2D eigenvalue weighted by Gasteiger charge is -2.25. The summed E-state index contributed by atoms with van der Waals surface area (Å²) in [5, 5.41) is 10.3. The van der Waals surface area contributed by atoms with Crippen molar-refractivity contribution >= 4 is 0 Å². The molecule has 2 atom stereocenters. The maximum absolute atomic E-state index is 10.3. The molecule has 1 rings (SSSR count). The second kappa shape index (κ2) is 6.18. The van der Waals surface area contributed by atoms with Crippen LogP contribution in [0.5, 0.6) is 0 Å². The Bertz CT molecular complexity index is 329. The number of aliphatic hydroxyl groups excluding tert-OH is 1. The number of hydrogen-bond acceptors (Lipinski definition) is 2. The van der Waals surface area contributed by atoms with Gasteiger partial charge in [0.15, 0.2) is 0 Å². The maximum atomic E-state index is 10.3. The first kappa shape index (κ1) is 14.2. The van der Waals surface area contributed by atoms with Gasteiger partial charge >= 0.3 is 0 Å². The highest BCUT2D eigenvalue weighted by Gasteiger charge is 2.22. The van der Waals surface area contributed by atoms with Gasteiger partial charge in [0.25, 0.3) is 0 Å². The third kappa shape index (κ3) is 3.55. The predicted molar refractivity (Wildman–Crippen MR) is 72.9 cm³/mol. The zero-order valence-corrected chi connectivity index (χ0v) is 11.4. The Balaban J connectivity index is 2.85. The molecule has 0 spiro atoms. The van der Waals surface area contributed by atoms with Crippen LogP contribution in [0.4, 0.5) is 0 Å².